The maximum absolute atomic E-state index is 12.8. The van der Waals surface area contributed by atoms with Crippen molar-refractivity contribution in [3.63, 3.8) is 0 Å². The highest BCUT2D eigenvalue weighted by molar-refractivity contribution is 6.13. The number of allylic oxidation sites excluding steroid dienone is 1. The molecule has 1 aliphatic heterocycles. The molecule has 1 aliphatic rings. The second-order valence-electron chi connectivity index (χ2n) is 6.94. The van der Waals surface area contributed by atoms with Crippen molar-refractivity contribution in [1.29, 1.82) is 0 Å². The van der Waals surface area contributed by atoms with Crippen LogP contribution in [-0.4, -0.2) is 26.7 Å². The Morgan fingerprint density at radius 2 is 1.56 bits per heavy atom. The first kappa shape index (κ1) is 22.0. The van der Waals surface area contributed by atoms with Crippen molar-refractivity contribution in [3.8, 4) is 0 Å². The molecule has 11 nitrogen and oxygen atoms in total. The van der Waals surface area contributed by atoms with Crippen LogP contribution in [0.2, 0.25) is 0 Å². The minimum Gasteiger partial charge on any atom is -0.292 e. The molecular weight excluding hydrogens is 440 g/mol. The third-order valence-corrected chi connectivity index (χ3v) is 4.86. The number of rotatable bonds is 5. The number of nitro groups is 2. The predicted octanol–water partition coefficient (Wildman–Crippen LogP) is 3.76. The molecule has 0 fully saturated rings. The van der Waals surface area contributed by atoms with Gasteiger partial charge in [-0.05, 0) is 23.8 Å². The Balaban J connectivity index is 1.89. The molecule has 4 rings (SSSR count). The van der Waals surface area contributed by atoms with Gasteiger partial charge < -0.3 is 0 Å². The van der Waals surface area contributed by atoms with Crippen molar-refractivity contribution >= 4 is 28.8 Å². The average molecular weight is 456 g/mol. The molecule has 0 saturated carbocycles. The zero-order valence-electron chi connectivity index (χ0n) is 17.4. The molecule has 2 aromatic carbocycles. The smallest absolute Gasteiger partial charge is 0.292 e. The van der Waals surface area contributed by atoms with Crippen molar-refractivity contribution in [2.24, 2.45) is 4.99 Å². The monoisotopic (exact) mass is 456 g/mol. The normalized spacial score (nSPS) is 13.2. The lowest BCUT2D eigenvalue weighted by molar-refractivity contribution is -0.417. The molecule has 0 spiro atoms. The molecule has 1 aromatic heterocycles. The Morgan fingerprint density at radius 1 is 0.882 bits per heavy atom. The minimum absolute atomic E-state index is 0.0108. The standard InChI is InChI=1S/C23H16N6O5/c30-22(17-10-12-24-13-11-17)26-23-25-14-18(16-6-2-1-3-7-16)21(29(33)34)15-27(23)19-8-4-5-9-20(19)28(31)32/h1-15H,(H,25,26,30). The first-order valence-electron chi connectivity index (χ1n) is 9.89. The molecule has 11 heteroatoms. The van der Waals surface area contributed by atoms with Gasteiger partial charge >= 0.3 is 0 Å². The number of guanidine groups is 1. The van der Waals surface area contributed by atoms with Gasteiger partial charge in [0.2, 0.25) is 5.96 Å². The van der Waals surface area contributed by atoms with Crippen LogP contribution in [0, 0.1) is 20.2 Å². The summed E-state index contributed by atoms with van der Waals surface area (Å²) in [6.45, 7) is 0. The number of aromatic nitrogens is 1. The molecule has 168 valence electrons. The summed E-state index contributed by atoms with van der Waals surface area (Å²) in [7, 11) is 0. The highest BCUT2D eigenvalue weighted by atomic mass is 16.6. The summed E-state index contributed by atoms with van der Waals surface area (Å²) in [6.07, 6.45) is 5.23. The summed E-state index contributed by atoms with van der Waals surface area (Å²) in [6, 6.07) is 17.2. The highest BCUT2D eigenvalue weighted by Gasteiger charge is 2.30. The van der Waals surface area contributed by atoms with E-state index in [4.69, 9.17) is 0 Å². The maximum Gasteiger partial charge on any atom is 0.295 e. The van der Waals surface area contributed by atoms with E-state index in [0.717, 1.165) is 11.1 Å². The van der Waals surface area contributed by atoms with Crippen LogP contribution in [0.5, 0.6) is 0 Å². The van der Waals surface area contributed by atoms with Crippen molar-refractivity contribution in [2.45, 2.75) is 0 Å². The Labute approximate surface area is 192 Å². The largest absolute Gasteiger partial charge is 0.295 e. The van der Waals surface area contributed by atoms with E-state index in [-0.39, 0.29) is 34.2 Å². The Hall–Kier alpha value is -5.19. The first-order chi connectivity index (χ1) is 16.5. The van der Waals surface area contributed by atoms with Crippen molar-refractivity contribution < 1.29 is 14.6 Å². The third-order valence-electron chi connectivity index (χ3n) is 4.86. The SMILES string of the molecule is O=C(NC1=NC=C(c2ccccc2)C([N+](=O)[O-])=CN1c1ccccc1[N+](=O)[O-])c1ccncc1. The fourth-order valence-electron chi connectivity index (χ4n) is 3.27. The summed E-state index contributed by atoms with van der Waals surface area (Å²) >= 11 is 0. The highest BCUT2D eigenvalue weighted by Crippen LogP contribution is 2.32. The minimum atomic E-state index is -0.617. The number of nitro benzene ring substituents is 1. The molecule has 0 radical (unpaired) electrons. The van der Waals surface area contributed by atoms with E-state index in [0.29, 0.717) is 5.56 Å². The van der Waals surface area contributed by atoms with Crippen LogP contribution in [0.1, 0.15) is 15.9 Å². The van der Waals surface area contributed by atoms with Crippen LogP contribution in [0.15, 0.2) is 102 Å². The molecule has 2 heterocycles. The van der Waals surface area contributed by atoms with Crippen molar-refractivity contribution in [3.05, 3.63) is 129 Å². The lowest BCUT2D eigenvalue weighted by Gasteiger charge is -2.21. The van der Waals surface area contributed by atoms with Crippen LogP contribution >= 0.6 is 0 Å². The zero-order chi connectivity index (χ0) is 24.1. The van der Waals surface area contributed by atoms with E-state index in [2.05, 4.69) is 15.3 Å². The van der Waals surface area contributed by atoms with Gasteiger partial charge in [0.1, 0.15) is 5.69 Å². The summed E-state index contributed by atoms with van der Waals surface area (Å²) in [4.78, 5) is 44.6. The van der Waals surface area contributed by atoms with Gasteiger partial charge in [-0.1, -0.05) is 42.5 Å². The predicted molar refractivity (Wildman–Crippen MR) is 124 cm³/mol. The lowest BCUT2D eigenvalue weighted by Crippen LogP contribution is -2.42. The van der Waals surface area contributed by atoms with Gasteiger partial charge in [-0.15, -0.1) is 0 Å². The number of aliphatic imine (C=N–C) groups is 1. The number of benzene rings is 2. The van der Waals surface area contributed by atoms with Gasteiger partial charge in [-0.3, -0.25) is 40.2 Å². The third kappa shape index (κ3) is 4.53. The Kier molecular flexibility index (Phi) is 6.17. The van der Waals surface area contributed by atoms with Crippen molar-refractivity contribution in [1.82, 2.24) is 10.3 Å². The number of anilines is 1. The molecule has 0 saturated heterocycles. The number of nitrogens with one attached hydrogen (secondary N) is 1. The van der Waals surface area contributed by atoms with E-state index in [1.807, 2.05) is 0 Å². The van der Waals surface area contributed by atoms with E-state index >= 15 is 0 Å². The zero-order valence-corrected chi connectivity index (χ0v) is 17.4. The van der Waals surface area contributed by atoms with E-state index < -0.39 is 15.8 Å². The van der Waals surface area contributed by atoms with Crippen molar-refractivity contribution in [2.75, 3.05) is 4.90 Å². The summed E-state index contributed by atoms with van der Waals surface area (Å²) in [5, 5.41) is 26.3. The second-order valence-corrected chi connectivity index (χ2v) is 6.94. The molecule has 0 unspecified atom stereocenters. The average Bonchev–Trinajstić information content (AvgIpc) is 3.05. The molecular formula is C23H16N6O5. The quantitative estimate of drug-likeness (QED) is 0.455. The number of para-hydroxylation sites is 2. The van der Waals surface area contributed by atoms with Crippen LogP contribution in [0.4, 0.5) is 11.4 Å². The van der Waals surface area contributed by atoms with Crippen LogP contribution in [-0.2, 0) is 0 Å². The summed E-state index contributed by atoms with van der Waals surface area (Å²) < 4.78 is 0. The van der Waals surface area contributed by atoms with Crippen LogP contribution in [0.3, 0.4) is 0 Å². The van der Waals surface area contributed by atoms with Crippen LogP contribution in [0.25, 0.3) is 5.57 Å². The van der Waals surface area contributed by atoms with Gasteiger partial charge in [0, 0.05) is 30.2 Å². The number of carbonyl (C=O) groups excluding carboxylic acids is 1. The number of hydrogen-bond donors (Lipinski definition) is 1. The topological polar surface area (TPSA) is 144 Å². The molecule has 3 aromatic rings. The lowest BCUT2D eigenvalue weighted by atomic mass is 10.0. The van der Waals surface area contributed by atoms with E-state index in [1.165, 1.54) is 48.9 Å². The molecule has 0 aliphatic carbocycles. The Morgan fingerprint density at radius 3 is 2.24 bits per heavy atom. The first-order valence-corrected chi connectivity index (χ1v) is 9.89. The van der Waals surface area contributed by atoms with Gasteiger partial charge in [-0.25, -0.2) is 4.99 Å². The maximum atomic E-state index is 12.8. The van der Waals surface area contributed by atoms with E-state index in [9.17, 15) is 25.0 Å². The molecule has 34 heavy (non-hydrogen) atoms. The second kappa shape index (κ2) is 9.53. The summed E-state index contributed by atoms with van der Waals surface area (Å²) in [5.41, 5.74) is 0.246. The van der Waals surface area contributed by atoms with E-state index in [1.54, 1.807) is 36.4 Å². The fraction of sp³-hybridized carbons (Fsp3) is 0. The van der Waals surface area contributed by atoms with Crippen LogP contribution < -0.4 is 10.2 Å². The Bertz CT molecular complexity index is 1350. The number of carbonyl (C=O) groups is 1. The number of pyridine rings is 1. The number of hydrogen-bond acceptors (Lipinski definition) is 8. The molecule has 1 N–H and O–H groups in total. The van der Waals surface area contributed by atoms with Gasteiger partial charge in [0.15, 0.2) is 0 Å². The fourth-order valence-corrected chi connectivity index (χ4v) is 3.27. The molecule has 0 bridgehead atoms. The number of nitrogens with zero attached hydrogens (tertiary/aromatic N) is 5. The molecule has 1 amide bonds. The number of amides is 1. The van der Waals surface area contributed by atoms with Gasteiger partial charge in [0.05, 0.1) is 21.6 Å². The van der Waals surface area contributed by atoms with Gasteiger partial charge in [0.25, 0.3) is 17.3 Å². The molecule has 0 atom stereocenters. The van der Waals surface area contributed by atoms with Gasteiger partial charge in [-0.2, -0.15) is 0 Å². The summed E-state index contributed by atoms with van der Waals surface area (Å²) in [5.74, 6) is -0.723.